The number of aliphatic hydroxyl groups is 1. The number of hydrogen-bond donors (Lipinski definition) is 1. The van der Waals surface area contributed by atoms with E-state index in [1.807, 2.05) is 6.07 Å². The minimum Gasteiger partial charge on any atom is -0.396 e. The van der Waals surface area contributed by atoms with Crippen molar-refractivity contribution in [3.8, 4) is 6.07 Å². The van der Waals surface area contributed by atoms with Crippen molar-refractivity contribution in [1.82, 2.24) is 4.31 Å². The molecule has 1 saturated heterocycles. The zero-order chi connectivity index (χ0) is 12.9. The molecule has 0 radical (unpaired) electrons. The molecule has 1 fully saturated rings. The Morgan fingerprint density at radius 3 is 2.82 bits per heavy atom. The summed E-state index contributed by atoms with van der Waals surface area (Å²) in [6.07, 6.45) is 3.29. The third-order valence-corrected chi connectivity index (χ3v) is 5.51. The third-order valence-electron chi connectivity index (χ3n) is 3.22. The van der Waals surface area contributed by atoms with Crippen molar-refractivity contribution >= 4 is 10.0 Å². The van der Waals surface area contributed by atoms with Crippen LogP contribution in [0.4, 0.5) is 0 Å². The number of rotatable bonds is 6. The second kappa shape index (κ2) is 6.34. The molecule has 0 bridgehead atoms. The van der Waals surface area contributed by atoms with Crippen LogP contribution in [0.15, 0.2) is 0 Å². The molecule has 98 valence electrons. The lowest BCUT2D eigenvalue weighted by atomic mass is 10.1. The van der Waals surface area contributed by atoms with E-state index in [0.29, 0.717) is 25.8 Å². The second-order valence-corrected chi connectivity index (χ2v) is 6.41. The van der Waals surface area contributed by atoms with Gasteiger partial charge in [-0.1, -0.05) is 6.92 Å². The number of nitrogens with zero attached hydrogens (tertiary/aromatic N) is 2. The molecule has 0 aliphatic carbocycles. The van der Waals surface area contributed by atoms with E-state index in [2.05, 4.69) is 0 Å². The van der Waals surface area contributed by atoms with Crippen molar-refractivity contribution in [1.29, 1.82) is 5.26 Å². The first kappa shape index (κ1) is 14.4. The Morgan fingerprint density at radius 2 is 2.29 bits per heavy atom. The van der Waals surface area contributed by atoms with Gasteiger partial charge in [-0.25, -0.2) is 8.42 Å². The minimum absolute atomic E-state index is 0.0328. The highest BCUT2D eigenvalue weighted by Crippen LogP contribution is 2.27. The van der Waals surface area contributed by atoms with E-state index < -0.39 is 15.3 Å². The van der Waals surface area contributed by atoms with E-state index in [0.717, 1.165) is 12.8 Å². The van der Waals surface area contributed by atoms with Crippen LogP contribution in [0.2, 0.25) is 0 Å². The highest BCUT2D eigenvalue weighted by Gasteiger charge is 2.38. The van der Waals surface area contributed by atoms with Crippen LogP contribution in [0, 0.1) is 11.3 Å². The standard InChI is InChI=1S/C11H20N2O3S/c1-2-11(9-12)17(15,16)13-7-3-5-10(13)6-4-8-14/h10-11,14H,2-8H2,1H3. The molecule has 0 spiro atoms. The Kier molecular flexibility index (Phi) is 5.37. The van der Waals surface area contributed by atoms with Gasteiger partial charge < -0.3 is 5.11 Å². The average molecular weight is 260 g/mol. The minimum atomic E-state index is -3.49. The maximum atomic E-state index is 12.2. The van der Waals surface area contributed by atoms with Crippen LogP contribution >= 0.6 is 0 Å². The Morgan fingerprint density at radius 1 is 1.59 bits per heavy atom. The molecule has 1 aliphatic rings. The smallest absolute Gasteiger partial charge is 0.230 e. The molecule has 0 saturated carbocycles. The molecule has 0 aromatic carbocycles. The van der Waals surface area contributed by atoms with E-state index in [1.165, 1.54) is 4.31 Å². The molecule has 1 rings (SSSR count). The summed E-state index contributed by atoms with van der Waals surface area (Å²) in [5.41, 5.74) is 0. The summed E-state index contributed by atoms with van der Waals surface area (Å²) in [6, 6.07) is 1.83. The van der Waals surface area contributed by atoms with Crippen molar-refractivity contribution in [2.24, 2.45) is 0 Å². The van der Waals surface area contributed by atoms with Gasteiger partial charge in [-0.05, 0) is 32.1 Å². The molecule has 1 aliphatic heterocycles. The largest absolute Gasteiger partial charge is 0.396 e. The summed E-state index contributed by atoms with van der Waals surface area (Å²) in [5, 5.41) is 16.8. The summed E-state index contributed by atoms with van der Waals surface area (Å²) in [7, 11) is -3.49. The number of aliphatic hydroxyl groups excluding tert-OH is 1. The fourth-order valence-corrected chi connectivity index (χ4v) is 4.18. The van der Waals surface area contributed by atoms with Crippen molar-refractivity contribution in [3.63, 3.8) is 0 Å². The SMILES string of the molecule is CCC(C#N)S(=O)(=O)N1CCCC1CCCO. The molecule has 0 aromatic rings. The molecule has 1 heterocycles. The van der Waals surface area contributed by atoms with Gasteiger partial charge >= 0.3 is 0 Å². The molecular formula is C11H20N2O3S. The van der Waals surface area contributed by atoms with Crippen LogP contribution in [-0.4, -0.2) is 42.3 Å². The molecule has 5 nitrogen and oxygen atoms in total. The monoisotopic (exact) mass is 260 g/mol. The van der Waals surface area contributed by atoms with Crippen molar-refractivity contribution in [2.45, 2.75) is 50.3 Å². The summed E-state index contributed by atoms with van der Waals surface area (Å²) >= 11 is 0. The zero-order valence-corrected chi connectivity index (χ0v) is 11.0. The van der Waals surface area contributed by atoms with Gasteiger partial charge in [-0.15, -0.1) is 0 Å². The van der Waals surface area contributed by atoms with Crippen LogP contribution in [-0.2, 0) is 10.0 Å². The molecular weight excluding hydrogens is 240 g/mol. The van der Waals surface area contributed by atoms with E-state index in [4.69, 9.17) is 10.4 Å². The van der Waals surface area contributed by atoms with Gasteiger partial charge in [0.25, 0.3) is 0 Å². The lowest BCUT2D eigenvalue weighted by molar-refractivity contribution is 0.263. The molecule has 1 N–H and O–H groups in total. The van der Waals surface area contributed by atoms with Gasteiger partial charge in [-0.2, -0.15) is 9.57 Å². The molecule has 6 heteroatoms. The number of nitriles is 1. The van der Waals surface area contributed by atoms with E-state index in [1.54, 1.807) is 6.92 Å². The zero-order valence-electron chi connectivity index (χ0n) is 10.2. The fourth-order valence-electron chi connectivity index (χ4n) is 2.29. The van der Waals surface area contributed by atoms with Crippen molar-refractivity contribution in [3.05, 3.63) is 0 Å². The normalized spacial score (nSPS) is 23.5. The number of hydrogen-bond acceptors (Lipinski definition) is 4. The fraction of sp³-hybridized carbons (Fsp3) is 0.909. The van der Waals surface area contributed by atoms with E-state index in [-0.39, 0.29) is 12.6 Å². The van der Waals surface area contributed by atoms with Crippen molar-refractivity contribution < 1.29 is 13.5 Å². The van der Waals surface area contributed by atoms with Crippen LogP contribution in [0.1, 0.15) is 39.0 Å². The molecule has 0 amide bonds. The Balaban J connectivity index is 2.80. The second-order valence-electron chi connectivity index (χ2n) is 4.34. The maximum Gasteiger partial charge on any atom is 0.230 e. The van der Waals surface area contributed by atoms with Crippen LogP contribution in [0.25, 0.3) is 0 Å². The first-order chi connectivity index (χ1) is 8.07. The number of sulfonamides is 1. The van der Waals surface area contributed by atoms with Gasteiger partial charge in [0.1, 0.15) is 0 Å². The summed E-state index contributed by atoms with van der Waals surface area (Å²) in [6.45, 7) is 2.31. The predicted octanol–water partition coefficient (Wildman–Crippen LogP) is 0.855. The maximum absolute atomic E-state index is 12.2. The van der Waals surface area contributed by atoms with Crippen LogP contribution < -0.4 is 0 Å². The predicted molar refractivity (Wildman–Crippen MR) is 64.7 cm³/mol. The summed E-state index contributed by atoms with van der Waals surface area (Å²) in [5.74, 6) is 0. The summed E-state index contributed by atoms with van der Waals surface area (Å²) in [4.78, 5) is 0. The van der Waals surface area contributed by atoms with Gasteiger partial charge in [0.15, 0.2) is 5.25 Å². The highest BCUT2D eigenvalue weighted by molar-refractivity contribution is 7.90. The van der Waals surface area contributed by atoms with E-state index in [9.17, 15) is 8.42 Å². The topological polar surface area (TPSA) is 81.4 Å². The molecule has 2 atom stereocenters. The first-order valence-corrected chi connectivity index (χ1v) is 7.59. The lowest BCUT2D eigenvalue weighted by Gasteiger charge is -2.25. The molecule has 2 unspecified atom stereocenters. The summed E-state index contributed by atoms with van der Waals surface area (Å²) < 4.78 is 25.9. The molecule has 0 aromatic heterocycles. The van der Waals surface area contributed by atoms with Gasteiger partial charge in [0.2, 0.25) is 10.0 Å². The molecule has 17 heavy (non-hydrogen) atoms. The lowest BCUT2D eigenvalue weighted by Crippen LogP contribution is -2.41. The van der Waals surface area contributed by atoms with Gasteiger partial charge in [0, 0.05) is 19.2 Å². The third kappa shape index (κ3) is 3.18. The Labute approximate surface area is 103 Å². The first-order valence-electron chi connectivity index (χ1n) is 6.09. The van der Waals surface area contributed by atoms with Crippen LogP contribution in [0.3, 0.4) is 0 Å². The van der Waals surface area contributed by atoms with Gasteiger partial charge in [0.05, 0.1) is 6.07 Å². The van der Waals surface area contributed by atoms with Gasteiger partial charge in [-0.3, -0.25) is 0 Å². The highest BCUT2D eigenvalue weighted by atomic mass is 32.2. The van der Waals surface area contributed by atoms with E-state index >= 15 is 0 Å². The Bertz CT molecular complexity index is 375. The average Bonchev–Trinajstić information content (AvgIpc) is 2.76. The Hall–Kier alpha value is -0.640. The quantitative estimate of drug-likeness (QED) is 0.768. The van der Waals surface area contributed by atoms with Crippen LogP contribution in [0.5, 0.6) is 0 Å². The van der Waals surface area contributed by atoms with Crippen molar-refractivity contribution in [2.75, 3.05) is 13.2 Å².